The fraction of sp³-hybridized carbons (Fsp3) is 0.280. The van der Waals surface area contributed by atoms with Gasteiger partial charge in [0.1, 0.15) is 18.0 Å². The van der Waals surface area contributed by atoms with Crippen LogP contribution < -0.4 is 14.8 Å². The lowest BCUT2D eigenvalue weighted by Gasteiger charge is -2.37. The van der Waals surface area contributed by atoms with E-state index in [4.69, 9.17) is 37.7 Å². The van der Waals surface area contributed by atoms with E-state index < -0.39 is 18.1 Å². The highest BCUT2D eigenvalue weighted by Crippen LogP contribution is 2.45. The van der Waals surface area contributed by atoms with Crippen molar-refractivity contribution in [3.63, 3.8) is 0 Å². The van der Waals surface area contributed by atoms with E-state index in [1.54, 1.807) is 25.3 Å². The maximum atomic E-state index is 12.0. The summed E-state index contributed by atoms with van der Waals surface area (Å²) in [7, 11) is 1.58. The molecule has 0 spiro atoms. The van der Waals surface area contributed by atoms with Crippen LogP contribution in [0.4, 0.5) is 0 Å². The summed E-state index contributed by atoms with van der Waals surface area (Å²) in [5.74, 6) is 0.590. The Labute approximate surface area is 202 Å². The smallest absolute Gasteiger partial charge is 0.246 e. The van der Waals surface area contributed by atoms with Crippen LogP contribution in [0, 0.1) is 0 Å². The summed E-state index contributed by atoms with van der Waals surface area (Å²) in [6, 6.07) is 14.4. The summed E-state index contributed by atoms with van der Waals surface area (Å²) in [5.41, 5.74) is 3.20. The van der Waals surface area contributed by atoms with Gasteiger partial charge in [0, 0.05) is 28.1 Å². The third-order valence-corrected chi connectivity index (χ3v) is 6.09. The van der Waals surface area contributed by atoms with Crippen molar-refractivity contribution in [2.24, 2.45) is 0 Å². The van der Waals surface area contributed by atoms with Crippen LogP contribution in [0.5, 0.6) is 11.6 Å². The number of nitrogens with zero attached hydrogens (tertiary/aromatic N) is 1. The molecule has 2 aromatic carbocycles. The second-order valence-electron chi connectivity index (χ2n) is 8.48. The molecule has 33 heavy (non-hydrogen) atoms. The number of nitrogens with one attached hydrogen (secondary N) is 1. The first kappa shape index (κ1) is 23.4. The lowest BCUT2D eigenvalue weighted by atomic mass is 9.88. The number of carbonyl (C=O) groups is 1. The van der Waals surface area contributed by atoms with Gasteiger partial charge in [-0.05, 0) is 55.8 Å². The van der Waals surface area contributed by atoms with Gasteiger partial charge >= 0.3 is 0 Å². The number of methoxy groups -OCH3 is 1. The SMILES string of the molecule is COc1ccc(-c2nc3c(cc2-c2ccc(Cl)cc2)C(NC(=O)CO)CC(C)(C)O3)c(Cl)c1. The van der Waals surface area contributed by atoms with Gasteiger partial charge in [-0.3, -0.25) is 4.79 Å². The molecule has 0 saturated carbocycles. The number of hydrogen-bond acceptors (Lipinski definition) is 5. The molecular weight excluding hydrogens is 463 g/mol. The number of carbonyl (C=O) groups excluding carboxylic acids is 1. The first-order valence-electron chi connectivity index (χ1n) is 10.4. The number of fused-ring (bicyclic) bond motifs is 1. The average Bonchev–Trinajstić information content (AvgIpc) is 2.78. The second kappa shape index (κ2) is 9.21. The fourth-order valence-corrected chi connectivity index (χ4v) is 4.37. The van der Waals surface area contributed by atoms with Gasteiger partial charge in [0.2, 0.25) is 11.8 Å². The molecule has 3 aromatic rings. The largest absolute Gasteiger partial charge is 0.497 e. The van der Waals surface area contributed by atoms with Crippen molar-refractivity contribution in [2.75, 3.05) is 13.7 Å². The number of aliphatic hydroxyl groups excluding tert-OH is 1. The molecule has 0 aliphatic carbocycles. The highest BCUT2D eigenvalue weighted by atomic mass is 35.5. The number of rotatable bonds is 5. The van der Waals surface area contributed by atoms with Crippen molar-refractivity contribution >= 4 is 29.1 Å². The van der Waals surface area contributed by atoms with Gasteiger partial charge in [-0.2, -0.15) is 0 Å². The van der Waals surface area contributed by atoms with Crippen LogP contribution in [0.3, 0.4) is 0 Å². The molecule has 2 N–H and O–H groups in total. The third kappa shape index (κ3) is 4.93. The first-order valence-corrected chi connectivity index (χ1v) is 11.2. The zero-order valence-corrected chi connectivity index (χ0v) is 20.0. The quantitative estimate of drug-likeness (QED) is 0.501. The minimum atomic E-state index is -0.593. The summed E-state index contributed by atoms with van der Waals surface area (Å²) >= 11 is 12.7. The third-order valence-electron chi connectivity index (χ3n) is 5.52. The van der Waals surface area contributed by atoms with E-state index in [-0.39, 0.29) is 6.04 Å². The van der Waals surface area contributed by atoms with E-state index in [0.717, 1.165) is 16.7 Å². The minimum absolute atomic E-state index is 0.373. The molecule has 1 aliphatic rings. The Morgan fingerprint density at radius 3 is 2.55 bits per heavy atom. The maximum Gasteiger partial charge on any atom is 0.246 e. The summed E-state index contributed by atoms with van der Waals surface area (Å²) in [6.45, 7) is 3.27. The van der Waals surface area contributed by atoms with Crippen molar-refractivity contribution in [1.29, 1.82) is 0 Å². The topological polar surface area (TPSA) is 80.7 Å². The Hall–Kier alpha value is -2.80. The predicted octanol–water partition coefficient (Wildman–Crippen LogP) is 5.44. The number of benzene rings is 2. The molecule has 1 aliphatic heterocycles. The monoisotopic (exact) mass is 486 g/mol. The summed E-state index contributed by atoms with van der Waals surface area (Å²) < 4.78 is 11.5. The highest BCUT2D eigenvalue weighted by molar-refractivity contribution is 6.33. The lowest BCUT2D eigenvalue weighted by molar-refractivity contribution is -0.125. The number of hydrogen-bond donors (Lipinski definition) is 2. The van der Waals surface area contributed by atoms with Crippen LogP contribution in [0.15, 0.2) is 48.5 Å². The molecule has 0 bridgehead atoms. The molecule has 172 valence electrons. The van der Waals surface area contributed by atoms with Gasteiger partial charge in [-0.1, -0.05) is 35.3 Å². The normalized spacial score (nSPS) is 16.5. The van der Waals surface area contributed by atoms with Crippen LogP contribution in [0.1, 0.15) is 31.9 Å². The molecule has 1 unspecified atom stereocenters. The predicted molar refractivity (Wildman–Crippen MR) is 129 cm³/mol. The highest BCUT2D eigenvalue weighted by Gasteiger charge is 2.36. The van der Waals surface area contributed by atoms with Gasteiger partial charge in [0.05, 0.1) is 23.9 Å². The van der Waals surface area contributed by atoms with Gasteiger partial charge < -0.3 is 19.9 Å². The minimum Gasteiger partial charge on any atom is -0.497 e. The second-order valence-corrected chi connectivity index (χ2v) is 9.32. The van der Waals surface area contributed by atoms with Crippen LogP contribution in [-0.2, 0) is 4.79 Å². The van der Waals surface area contributed by atoms with Crippen molar-refractivity contribution in [3.8, 4) is 34.0 Å². The zero-order chi connectivity index (χ0) is 23.8. The van der Waals surface area contributed by atoms with Crippen molar-refractivity contribution in [1.82, 2.24) is 10.3 Å². The van der Waals surface area contributed by atoms with Crippen LogP contribution in [0.2, 0.25) is 10.0 Å². The van der Waals surface area contributed by atoms with Gasteiger partial charge in [0.25, 0.3) is 0 Å². The molecule has 1 aromatic heterocycles. The molecule has 2 heterocycles. The molecule has 1 atom stereocenters. The Bertz CT molecular complexity index is 1200. The summed E-state index contributed by atoms with van der Waals surface area (Å²) in [5, 5.41) is 13.3. The number of amides is 1. The zero-order valence-electron chi connectivity index (χ0n) is 18.5. The Balaban J connectivity index is 1.94. The van der Waals surface area contributed by atoms with Crippen LogP contribution in [0.25, 0.3) is 22.4 Å². The van der Waals surface area contributed by atoms with Gasteiger partial charge in [-0.25, -0.2) is 4.98 Å². The van der Waals surface area contributed by atoms with E-state index in [9.17, 15) is 9.90 Å². The van der Waals surface area contributed by atoms with Gasteiger partial charge in [-0.15, -0.1) is 0 Å². The van der Waals surface area contributed by atoms with Crippen molar-refractivity contribution < 1.29 is 19.4 Å². The molecule has 6 nitrogen and oxygen atoms in total. The fourth-order valence-electron chi connectivity index (χ4n) is 3.99. The average molecular weight is 487 g/mol. The number of pyridine rings is 1. The van der Waals surface area contributed by atoms with Crippen molar-refractivity contribution in [3.05, 3.63) is 64.1 Å². The van der Waals surface area contributed by atoms with E-state index in [1.807, 2.05) is 44.2 Å². The summed E-state index contributed by atoms with van der Waals surface area (Å²) in [4.78, 5) is 16.9. The Morgan fingerprint density at radius 1 is 1.18 bits per heavy atom. The van der Waals surface area contributed by atoms with Crippen LogP contribution in [-0.4, -0.2) is 35.3 Å². The van der Waals surface area contributed by atoms with Crippen molar-refractivity contribution in [2.45, 2.75) is 31.9 Å². The van der Waals surface area contributed by atoms with E-state index in [2.05, 4.69) is 5.32 Å². The van der Waals surface area contributed by atoms with E-state index >= 15 is 0 Å². The molecule has 0 fully saturated rings. The molecule has 0 radical (unpaired) electrons. The molecule has 0 saturated heterocycles. The standard InChI is InChI=1S/C25H24Cl2N2O4/c1-25(2)12-21(28-22(31)13-30)19-11-18(14-4-6-15(26)7-5-14)23(29-24(19)33-25)17-9-8-16(32-3)10-20(17)27/h4-11,21,30H,12-13H2,1-3H3,(H,28,31). The van der Waals surface area contributed by atoms with Crippen LogP contribution >= 0.6 is 23.2 Å². The lowest BCUT2D eigenvalue weighted by Crippen LogP contribution is -2.42. The summed E-state index contributed by atoms with van der Waals surface area (Å²) in [6.07, 6.45) is 0.524. The Kier molecular flexibility index (Phi) is 6.52. The Morgan fingerprint density at radius 2 is 1.91 bits per heavy atom. The van der Waals surface area contributed by atoms with Gasteiger partial charge in [0.15, 0.2) is 0 Å². The maximum absolute atomic E-state index is 12.0. The molecule has 1 amide bonds. The van der Waals surface area contributed by atoms with E-state index in [0.29, 0.717) is 39.4 Å². The number of ether oxygens (including phenoxy) is 2. The number of aliphatic hydroxyl groups is 1. The van der Waals surface area contributed by atoms with E-state index in [1.165, 1.54) is 0 Å². The number of aromatic nitrogens is 1. The first-order chi connectivity index (χ1) is 15.7. The molecule has 4 rings (SSSR count). The number of halogens is 2. The molecular formula is C25H24Cl2N2O4. The molecule has 8 heteroatoms.